The molecule has 0 aliphatic heterocycles. The summed E-state index contributed by atoms with van der Waals surface area (Å²) in [6.45, 7) is 6.13. The second-order valence-corrected chi connectivity index (χ2v) is 4.06. The standard InChI is InChI=1S/C13H21NO/c1-4-14(3)10-9-13(15)12-8-6-5-7-11(12)2/h5-8,13,15H,4,9-10H2,1-3H3. The van der Waals surface area contributed by atoms with Gasteiger partial charge in [-0.15, -0.1) is 0 Å². The van der Waals surface area contributed by atoms with Gasteiger partial charge < -0.3 is 10.0 Å². The van der Waals surface area contributed by atoms with Gasteiger partial charge in [0.05, 0.1) is 6.10 Å². The molecule has 0 heterocycles. The van der Waals surface area contributed by atoms with E-state index in [1.165, 1.54) is 5.56 Å². The molecule has 1 aromatic rings. The highest BCUT2D eigenvalue weighted by atomic mass is 16.3. The summed E-state index contributed by atoms with van der Waals surface area (Å²) in [5.41, 5.74) is 2.23. The van der Waals surface area contributed by atoms with Crippen molar-refractivity contribution < 1.29 is 5.11 Å². The molecule has 1 aromatic carbocycles. The molecule has 0 bridgehead atoms. The predicted octanol–water partition coefficient (Wildman–Crippen LogP) is 2.37. The van der Waals surface area contributed by atoms with Crippen molar-refractivity contribution in [1.82, 2.24) is 4.90 Å². The van der Waals surface area contributed by atoms with E-state index in [1.54, 1.807) is 0 Å². The smallest absolute Gasteiger partial charge is 0.0804 e. The second kappa shape index (κ2) is 5.89. The summed E-state index contributed by atoms with van der Waals surface area (Å²) in [5.74, 6) is 0. The van der Waals surface area contributed by atoms with Crippen LogP contribution in [-0.4, -0.2) is 30.1 Å². The van der Waals surface area contributed by atoms with E-state index in [2.05, 4.69) is 18.9 Å². The van der Waals surface area contributed by atoms with Crippen molar-refractivity contribution in [2.24, 2.45) is 0 Å². The van der Waals surface area contributed by atoms with Gasteiger partial charge >= 0.3 is 0 Å². The maximum Gasteiger partial charge on any atom is 0.0804 e. The molecular weight excluding hydrogens is 186 g/mol. The molecule has 2 nitrogen and oxygen atoms in total. The van der Waals surface area contributed by atoms with E-state index < -0.39 is 0 Å². The van der Waals surface area contributed by atoms with Crippen molar-refractivity contribution in [3.63, 3.8) is 0 Å². The lowest BCUT2D eigenvalue weighted by atomic mass is 10.0. The van der Waals surface area contributed by atoms with Crippen LogP contribution in [0.3, 0.4) is 0 Å². The van der Waals surface area contributed by atoms with Gasteiger partial charge in [0, 0.05) is 6.54 Å². The lowest BCUT2D eigenvalue weighted by Gasteiger charge is -2.18. The third kappa shape index (κ3) is 3.65. The highest BCUT2D eigenvalue weighted by Gasteiger charge is 2.09. The molecule has 0 amide bonds. The Kier molecular flexibility index (Phi) is 4.79. The zero-order valence-electron chi connectivity index (χ0n) is 9.90. The molecule has 0 saturated carbocycles. The van der Waals surface area contributed by atoms with Gasteiger partial charge in [-0.1, -0.05) is 31.2 Å². The fourth-order valence-corrected chi connectivity index (χ4v) is 1.62. The van der Waals surface area contributed by atoms with Crippen molar-refractivity contribution in [2.75, 3.05) is 20.1 Å². The van der Waals surface area contributed by atoms with E-state index in [9.17, 15) is 5.11 Å². The molecule has 84 valence electrons. The Morgan fingerprint density at radius 3 is 2.60 bits per heavy atom. The zero-order valence-corrected chi connectivity index (χ0v) is 9.90. The number of aliphatic hydroxyl groups excluding tert-OH is 1. The zero-order chi connectivity index (χ0) is 11.3. The van der Waals surface area contributed by atoms with E-state index >= 15 is 0 Å². The second-order valence-electron chi connectivity index (χ2n) is 4.06. The quantitative estimate of drug-likeness (QED) is 0.801. The van der Waals surface area contributed by atoms with Gasteiger partial charge in [0.2, 0.25) is 0 Å². The molecule has 0 fully saturated rings. The Bertz CT molecular complexity index is 298. The van der Waals surface area contributed by atoms with Gasteiger partial charge in [0.1, 0.15) is 0 Å². The monoisotopic (exact) mass is 207 g/mol. The average molecular weight is 207 g/mol. The number of hydrogen-bond donors (Lipinski definition) is 1. The van der Waals surface area contributed by atoms with Gasteiger partial charge in [-0.25, -0.2) is 0 Å². The van der Waals surface area contributed by atoms with Crippen LogP contribution < -0.4 is 0 Å². The number of hydrogen-bond acceptors (Lipinski definition) is 2. The van der Waals surface area contributed by atoms with Crippen molar-refractivity contribution in [3.8, 4) is 0 Å². The summed E-state index contributed by atoms with van der Waals surface area (Å²) in [6.07, 6.45) is 0.468. The van der Waals surface area contributed by atoms with E-state index in [0.29, 0.717) is 0 Å². The van der Waals surface area contributed by atoms with E-state index in [4.69, 9.17) is 0 Å². The fraction of sp³-hybridized carbons (Fsp3) is 0.538. The van der Waals surface area contributed by atoms with Crippen LogP contribution in [0, 0.1) is 6.92 Å². The summed E-state index contributed by atoms with van der Waals surface area (Å²) in [7, 11) is 2.07. The van der Waals surface area contributed by atoms with Gasteiger partial charge in [-0.05, 0) is 38.1 Å². The molecule has 1 unspecified atom stereocenters. The summed E-state index contributed by atoms with van der Waals surface area (Å²) in [5, 5.41) is 10.0. The molecule has 0 aromatic heterocycles. The van der Waals surface area contributed by atoms with Crippen LogP contribution in [0.1, 0.15) is 30.6 Å². The SMILES string of the molecule is CCN(C)CCC(O)c1ccccc1C. The highest BCUT2D eigenvalue weighted by Crippen LogP contribution is 2.20. The summed E-state index contributed by atoms with van der Waals surface area (Å²) in [4.78, 5) is 2.21. The number of aliphatic hydroxyl groups is 1. The Balaban J connectivity index is 2.54. The van der Waals surface area contributed by atoms with Crippen molar-refractivity contribution in [3.05, 3.63) is 35.4 Å². The van der Waals surface area contributed by atoms with Crippen LogP contribution in [0.25, 0.3) is 0 Å². The van der Waals surface area contributed by atoms with Crippen LogP contribution in [0.5, 0.6) is 0 Å². The van der Waals surface area contributed by atoms with E-state index in [1.807, 2.05) is 31.2 Å². The first-order valence-electron chi connectivity index (χ1n) is 5.57. The van der Waals surface area contributed by atoms with Gasteiger partial charge in [0.15, 0.2) is 0 Å². The van der Waals surface area contributed by atoms with E-state index in [-0.39, 0.29) is 6.10 Å². The van der Waals surface area contributed by atoms with Crippen LogP contribution in [0.2, 0.25) is 0 Å². The summed E-state index contributed by atoms with van der Waals surface area (Å²) >= 11 is 0. The van der Waals surface area contributed by atoms with Crippen molar-refractivity contribution in [2.45, 2.75) is 26.4 Å². The molecular formula is C13H21NO. The number of rotatable bonds is 5. The van der Waals surface area contributed by atoms with Crippen LogP contribution in [0.15, 0.2) is 24.3 Å². The van der Waals surface area contributed by atoms with Crippen LogP contribution in [-0.2, 0) is 0 Å². The summed E-state index contributed by atoms with van der Waals surface area (Å²) in [6, 6.07) is 8.03. The average Bonchev–Trinajstić information content (AvgIpc) is 2.26. The fourth-order valence-electron chi connectivity index (χ4n) is 1.62. The molecule has 0 aliphatic carbocycles. The highest BCUT2D eigenvalue weighted by molar-refractivity contribution is 5.27. The summed E-state index contributed by atoms with van der Waals surface area (Å²) < 4.78 is 0. The largest absolute Gasteiger partial charge is 0.388 e. The Morgan fingerprint density at radius 2 is 2.00 bits per heavy atom. The minimum atomic E-state index is -0.333. The lowest BCUT2D eigenvalue weighted by molar-refractivity contribution is 0.150. The van der Waals surface area contributed by atoms with Gasteiger partial charge in [0.25, 0.3) is 0 Å². The van der Waals surface area contributed by atoms with Crippen LogP contribution >= 0.6 is 0 Å². The molecule has 2 heteroatoms. The first-order chi connectivity index (χ1) is 7.15. The number of benzene rings is 1. The Hall–Kier alpha value is -0.860. The minimum Gasteiger partial charge on any atom is -0.388 e. The Morgan fingerprint density at radius 1 is 1.33 bits per heavy atom. The minimum absolute atomic E-state index is 0.333. The lowest BCUT2D eigenvalue weighted by Crippen LogP contribution is -2.20. The normalized spacial score (nSPS) is 13.1. The van der Waals surface area contributed by atoms with Crippen molar-refractivity contribution in [1.29, 1.82) is 0 Å². The van der Waals surface area contributed by atoms with E-state index in [0.717, 1.165) is 25.1 Å². The molecule has 0 aliphatic rings. The molecule has 1 N–H and O–H groups in total. The number of nitrogens with zero attached hydrogens (tertiary/aromatic N) is 1. The van der Waals surface area contributed by atoms with Gasteiger partial charge in [-0.3, -0.25) is 0 Å². The third-order valence-corrected chi connectivity index (χ3v) is 2.87. The predicted molar refractivity (Wildman–Crippen MR) is 63.9 cm³/mol. The van der Waals surface area contributed by atoms with Crippen LogP contribution in [0.4, 0.5) is 0 Å². The number of aryl methyl sites for hydroxylation is 1. The first kappa shape index (κ1) is 12.2. The topological polar surface area (TPSA) is 23.5 Å². The maximum absolute atomic E-state index is 10.0. The molecule has 0 spiro atoms. The third-order valence-electron chi connectivity index (χ3n) is 2.87. The molecule has 0 saturated heterocycles. The molecule has 0 radical (unpaired) electrons. The first-order valence-corrected chi connectivity index (χ1v) is 5.57. The molecule has 15 heavy (non-hydrogen) atoms. The molecule has 1 atom stereocenters. The van der Waals surface area contributed by atoms with Gasteiger partial charge in [-0.2, -0.15) is 0 Å². The van der Waals surface area contributed by atoms with Crippen molar-refractivity contribution >= 4 is 0 Å². The Labute approximate surface area is 92.5 Å². The maximum atomic E-state index is 10.0. The molecule has 1 rings (SSSR count).